The van der Waals surface area contributed by atoms with Gasteiger partial charge in [-0.3, -0.25) is 0 Å². The fraction of sp³-hybridized carbons (Fsp3) is 1.00. The van der Waals surface area contributed by atoms with Crippen molar-refractivity contribution in [1.82, 2.24) is 5.32 Å². The molecule has 0 heterocycles. The van der Waals surface area contributed by atoms with Crippen molar-refractivity contribution < 1.29 is 9.84 Å². The van der Waals surface area contributed by atoms with Crippen molar-refractivity contribution in [3.63, 3.8) is 0 Å². The normalized spacial score (nSPS) is 28.3. The van der Waals surface area contributed by atoms with Gasteiger partial charge in [0.2, 0.25) is 0 Å². The average molecular weight is 267 g/mol. The van der Waals surface area contributed by atoms with Crippen LogP contribution in [0.5, 0.6) is 0 Å². The quantitative estimate of drug-likeness (QED) is 0.710. The third kappa shape index (κ3) is 3.93. The van der Waals surface area contributed by atoms with Crippen LogP contribution in [0.1, 0.15) is 57.8 Å². The summed E-state index contributed by atoms with van der Waals surface area (Å²) in [4.78, 5) is 0. The third-order valence-electron chi connectivity index (χ3n) is 5.27. The van der Waals surface area contributed by atoms with Crippen molar-refractivity contribution in [2.24, 2.45) is 11.3 Å². The van der Waals surface area contributed by atoms with E-state index in [1.54, 1.807) is 0 Å². The van der Waals surface area contributed by atoms with E-state index < -0.39 is 0 Å². The number of aliphatic hydroxyl groups is 1. The summed E-state index contributed by atoms with van der Waals surface area (Å²) in [5, 5.41) is 13.4. The van der Waals surface area contributed by atoms with Gasteiger partial charge in [-0.1, -0.05) is 19.3 Å². The second-order valence-electron chi connectivity index (χ2n) is 7.01. The summed E-state index contributed by atoms with van der Waals surface area (Å²) in [5.74, 6) is 0.996. The predicted molar refractivity (Wildman–Crippen MR) is 76.1 cm³/mol. The molecule has 0 aromatic heterocycles. The van der Waals surface area contributed by atoms with Gasteiger partial charge in [0, 0.05) is 13.1 Å². The van der Waals surface area contributed by atoms with Crippen LogP contribution in [0.2, 0.25) is 0 Å². The lowest BCUT2D eigenvalue weighted by molar-refractivity contribution is -0.0232. The largest absolute Gasteiger partial charge is 0.389 e. The van der Waals surface area contributed by atoms with E-state index in [1.807, 2.05) is 0 Å². The highest BCUT2D eigenvalue weighted by Crippen LogP contribution is 2.60. The Hall–Kier alpha value is -0.120. The van der Waals surface area contributed by atoms with E-state index in [2.05, 4.69) is 5.32 Å². The number of hydrogen-bond donors (Lipinski definition) is 2. The molecular formula is C16H29NO2. The molecule has 3 rings (SSSR count). The summed E-state index contributed by atoms with van der Waals surface area (Å²) in [5.41, 5.74) is 0.629. The molecule has 3 nitrogen and oxygen atoms in total. The zero-order valence-electron chi connectivity index (χ0n) is 12.1. The minimum Gasteiger partial charge on any atom is -0.389 e. The minimum absolute atomic E-state index is 0.336. The molecule has 0 aliphatic heterocycles. The van der Waals surface area contributed by atoms with Gasteiger partial charge in [0.15, 0.2) is 0 Å². The molecule has 110 valence electrons. The number of ether oxygens (including phenoxy) is 1. The predicted octanol–water partition coefficient (Wildman–Crippen LogP) is 2.48. The maximum absolute atomic E-state index is 9.96. The standard InChI is InChI=1S/C16H29NO2/c18-14(11-19-15-4-2-1-3-5-15)10-17-12-16(8-9-16)13-6-7-13/h13-15,17-18H,1-12H2. The Balaban J connectivity index is 1.25. The molecule has 0 radical (unpaired) electrons. The van der Waals surface area contributed by atoms with Crippen molar-refractivity contribution >= 4 is 0 Å². The zero-order valence-corrected chi connectivity index (χ0v) is 12.1. The van der Waals surface area contributed by atoms with Gasteiger partial charge in [-0.25, -0.2) is 0 Å². The van der Waals surface area contributed by atoms with Gasteiger partial charge in [0.05, 0.1) is 18.8 Å². The first kappa shape index (κ1) is 13.8. The van der Waals surface area contributed by atoms with Crippen LogP contribution in [-0.2, 0) is 4.74 Å². The molecule has 2 N–H and O–H groups in total. The average Bonchev–Trinajstić information content (AvgIpc) is 3.29. The summed E-state index contributed by atoms with van der Waals surface area (Å²) in [6.07, 6.45) is 12.1. The summed E-state index contributed by atoms with van der Waals surface area (Å²) in [6, 6.07) is 0. The lowest BCUT2D eigenvalue weighted by atomic mass is 9.98. The second kappa shape index (κ2) is 6.11. The highest BCUT2D eigenvalue weighted by Gasteiger charge is 2.53. The maximum Gasteiger partial charge on any atom is 0.0897 e. The molecule has 0 amide bonds. The van der Waals surface area contributed by atoms with Crippen molar-refractivity contribution in [2.45, 2.75) is 70.0 Å². The fourth-order valence-electron chi connectivity index (χ4n) is 3.61. The second-order valence-corrected chi connectivity index (χ2v) is 7.01. The van der Waals surface area contributed by atoms with E-state index in [-0.39, 0.29) is 6.10 Å². The molecule has 0 aromatic carbocycles. The van der Waals surface area contributed by atoms with Gasteiger partial charge in [-0.15, -0.1) is 0 Å². The molecule has 0 aromatic rings. The van der Waals surface area contributed by atoms with E-state index in [0.717, 1.165) is 12.5 Å². The Bertz CT molecular complexity index is 280. The first-order valence-corrected chi connectivity index (χ1v) is 8.29. The molecule has 0 spiro atoms. The molecule has 0 saturated heterocycles. The van der Waals surface area contributed by atoms with Gasteiger partial charge in [0.1, 0.15) is 0 Å². The van der Waals surface area contributed by atoms with Crippen molar-refractivity contribution in [2.75, 3.05) is 19.7 Å². The van der Waals surface area contributed by atoms with Crippen LogP contribution in [0.3, 0.4) is 0 Å². The van der Waals surface area contributed by atoms with Crippen LogP contribution in [0.4, 0.5) is 0 Å². The van der Waals surface area contributed by atoms with Crippen molar-refractivity contribution in [3.8, 4) is 0 Å². The van der Waals surface area contributed by atoms with E-state index in [4.69, 9.17) is 4.74 Å². The third-order valence-corrected chi connectivity index (χ3v) is 5.27. The molecule has 3 saturated carbocycles. The number of nitrogens with one attached hydrogen (secondary N) is 1. The minimum atomic E-state index is -0.336. The number of aliphatic hydroxyl groups excluding tert-OH is 1. The summed E-state index contributed by atoms with van der Waals surface area (Å²) < 4.78 is 5.81. The van der Waals surface area contributed by atoms with Crippen LogP contribution >= 0.6 is 0 Å². The van der Waals surface area contributed by atoms with Crippen LogP contribution in [-0.4, -0.2) is 37.0 Å². The molecule has 0 bridgehead atoms. The Labute approximate surface area is 117 Å². The molecule has 1 atom stereocenters. The van der Waals surface area contributed by atoms with Gasteiger partial charge in [-0.05, 0) is 49.9 Å². The van der Waals surface area contributed by atoms with Gasteiger partial charge >= 0.3 is 0 Å². The molecule has 3 heteroatoms. The van der Waals surface area contributed by atoms with Gasteiger partial charge in [0.25, 0.3) is 0 Å². The Kier molecular flexibility index (Phi) is 4.45. The highest BCUT2D eigenvalue weighted by atomic mass is 16.5. The summed E-state index contributed by atoms with van der Waals surface area (Å²) in [7, 11) is 0. The van der Waals surface area contributed by atoms with E-state index in [9.17, 15) is 5.11 Å². The topological polar surface area (TPSA) is 41.5 Å². The molecule has 19 heavy (non-hydrogen) atoms. The van der Waals surface area contributed by atoms with Crippen LogP contribution in [0.25, 0.3) is 0 Å². The smallest absolute Gasteiger partial charge is 0.0897 e. The molecule has 3 aliphatic rings. The number of rotatable bonds is 8. The molecule has 3 fully saturated rings. The van der Waals surface area contributed by atoms with Gasteiger partial charge in [-0.2, -0.15) is 0 Å². The van der Waals surface area contributed by atoms with Crippen molar-refractivity contribution in [3.05, 3.63) is 0 Å². The highest BCUT2D eigenvalue weighted by molar-refractivity contribution is 5.05. The zero-order chi connectivity index (χ0) is 13.1. The van der Waals surface area contributed by atoms with E-state index in [0.29, 0.717) is 24.7 Å². The van der Waals surface area contributed by atoms with Crippen LogP contribution in [0, 0.1) is 11.3 Å². The summed E-state index contributed by atoms with van der Waals surface area (Å²) in [6.45, 7) is 2.31. The number of hydrogen-bond acceptors (Lipinski definition) is 3. The molecule has 3 aliphatic carbocycles. The first-order valence-electron chi connectivity index (χ1n) is 8.29. The van der Waals surface area contributed by atoms with Crippen molar-refractivity contribution in [1.29, 1.82) is 0 Å². The molecule has 1 unspecified atom stereocenters. The van der Waals surface area contributed by atoms with Gasteiger partial charge < -0.3 is 15.2 Å². The first-order chi connectivity index (χ1) is 9.28. The Morgan fingerprint density at radius 1 is 1.11 bits per heavy atom. The summed E-state index contributed by atoms with van der Waals surface area (Å²) >= 11 is 0. The van der Waals surface area contributed by atoms with E-state index >= 15 is 0 Å². The molecular weight excluding hydrogens is 238 g/mol. The van der Waals surface area contributed by atoms with Crippen LogP contribution < -0.4 is 5.32 Å². The lowest BCUT2D eigenvalue weighted by Crippen LogP contribution is -2.35. The Morgan fingerprint density at radius 2 is 1.84 bits per heavy atom. The fourth-order valence-corrected chi connectivity index (χ4v) is 3.61. The van der Waals surface area contributed by atoms with E-state index in [1.165, 1.54) is 57.8 Å². The Morgan fingerprint density at radius 3 is 2.47 bits per heavy atom. The van der Waals surface area contributed by atoms with Crippen LogP contribution in [0.15, 0.2) is 0 Å². The monoisotopic (exact) mass is 267 g/mol. The lowest BCUT2D eigenvalue weighted by Gasteiger charge is -2.24. The SMILES string of the molecule is OC(CNCC1(C2CC2)CC1)COC1CCCCC1. The maximum atomic E-state index is 9.96.